The van der Waals surface area contributed by atoms with E-state index in [1.807, 2.05) is 39.0 Å². The molecule has 1 unspecified atom stereocenters. The van der Waals surface area contributed by atoms with Crippen LogP contribution < -0.4 is 0 Å². The summed E-state index contributed by atoms with van der Waals surface area (Å²) in [6, 6.07) is 10.8. The van der Waals surface area contributed by atoms with Crippen molar-refractivity contribution in [2.45, 2.75) is 58.3 Å². The second kappa shape index (κ2) is 8.32. The second-order valence-corrected chi connectivity index (χ2v) is 10.2. The fraction of sp³-hybridized carbons (Fsp3) is 0.462. The van der Waals surface area contributed by atoms with E-state index in [0.717, 1.165) is 28.8 Å². The molecule has 2 aromatic rings. The highest BCUT2D eigenvalue weighted by molar-refractivity contribution is 5.91. The average molecular weight is 475 g/mol. The van der Waals surface area contributed by atoms with Gasteiger partial charge in [0, 0.05) is 19.6 Å². The lowest BCUT2D eigenvalue weighted by molar-refractivity contribution is -0.150. The van der Waals surface area contributed by atoms with Crippen molar-refractivity contribution in [3.8, 4) is 11.1 Å². The molecule has 2 aromatic carbocycles. The van der Waals surface area contributed by atoms with E-state index in [0.29, 0.717) is 44.5 Å². The van der Waals surface area contributed by atoms with Gasteiger partial charge < -0.3 is 10.0 Å². The molecule has 2 amide bonds. The summed E-state index contributed by atoms with van der Waals surface area (Å²) in [6.07, 6.45) is -3.71. The van der Waals surface area contributed by atoms with Crippen LogP contribution in [-0.4, -0.2) is 45.5 Å². The maximum atomic E-state index is 13.9. The van der Waals surface area contributed by atoms with Gasteiger partial charge in [-0.3, -0.25) is 9.69 Å². The molecule has 8 heteroatoms. The van der Waals surface area contributed by atoms with Gasteiger partial charge >= 0.3 is 12.3 Å². The standard InChI is InChI=1S/C26H29F3N2O3/c1-24(2,3)25(12-4-13-31(25)23(33)34)22(32)30-14-11-18-5-6-19(15-20(18)16-30)17-7-9-21(10-8-17)26(27,28)29/h5-10,15H,4,11-14,16H2,1-3H3,(H,33,34). The van der Waals surface area contributed by atoms with Gasteiger partial charge in [-0.1, -0.05) is 45.0 Å². The number of carbonyl (C=O) groups excluding carboxylic acids is 1. The Bertz CT molecular complexity index is 1110. The van der Waals surface area contributed by atoms with Crippen LogP contribution in [0.2, 0.25) is 0 Å². The number of rotatable bonds is 2. The van der Waals surface area contributed by atoms with Gasteiger partial charge in [-0.2, -0.15) is 13.2 Å². The van der Waals surface area contributed by atoms with Crippen LogP contribution in [-0.2, 0) is 23.9 Å². The summed E-state index contributed by atoms with van der Waals surface area (Å²) in [5.74, 6) is -0.175. The zero-order valence-electron chi connectivity index (χ0n) is 19.6. The van der Waals surface area contributed by atoms with Crippen molar-refractivity contribution in [1.82, 2.24) is 9.80 Å². The van der Waals surface area contributed by atoms with Crippen LogP contribution in [0.5, 0.6) is 0 Å². The molecule has 0 bridgehead atoms. The van der Waals surface area contributed by atoms with Gasteiger partial charge in [0.2, 0.25) is 5.91 Å². The van der Waals surface area contributed by atoms with Crippen LogP contribution >= 0.6 is 0 Å². The first-order valence-electron chi connectivity index (χ1n) is 11.4. The molecule has 1 atom stereocenters. The minimum absolute atomic E-state index is 0.175. The molecule has 2 aliphatic heterocycles. The lowest BCUT2D eigenvalue weighted by Gasteiger charge is -2.48. The molecule has 182 valence electrons. The highest BCUT2D eigenvalue weighted by Gasteiger charge is 2.58. The zero-order chi connectivity index (χ0) is 24.9. The van der Waals surface area contributed by atoms with Crippen LogP contribution in [0.4, 0.5) is 18.0 Å². The van der Waals surface area contributed by atoms with Crippen LogP contribution in [0.25, 0.3) is 11.1 Å². The number of carbonyl (C=O) groups is 2. The van der Waals surface area contributed by atoms with Crippen molar-refractivity contribution in [2.24, 2.45) is 5.41 Å². The molecular weight excluding hydrogens is 445 g/mol. The Labute approximate surface area is 197 Å². The summed E-state index contributed by atoms with van der Waals surface area (Å²) in [5, 5.41) is 9.83. The van der Waals surface area contributed by atoms with Crippen LogP contribution in [0.1, 0.15) is 50.3 Å². The Morgan fingerprint density at radius 3 is 2.18 bits per heavy atom. The number of carboxylic acid groups (broad SMARTS) is 1. The molecule has 4 rings (SSSR count). The highest BCUT2D eigenvalue weighted by Crippen LogP contribution is 2.45. The first-order valence-corrected chi connectivity index (χ1v) is 11.4. The van der Waals surface area contributed by atoms with E-state index in [4.69, 9.17) is 0 Å². The first-order chi connectivity index (χ1) is 15.8. The Morgan fingerprint density at radius 1 is 0.941 bits per heavy atom. The fourth-order valence-electron chi connectivity index (χ4n) is 5.42. The number of hydrogen-bond acceptors (Lipinski definition) is 2. The summed E-state index contributed by atoms with van der Waals surface area (Å²) in [7, 11) is 0. The maximum Gasteiger partial charge on any atom is 0.416 e. The van der Waals surface area contributed by atoms with E-state index in [1.54, 1.807) is 4.90 Å². The number of benzene rings is 2. The summed E-state index contributed by atoms with van der Waals surface area (Å²) in [4.78, 5) is 29.0. The Balaban J connectivity index is 1.63. The highest BCUT2D eigenvalue weighted by atomic mass is 19.4. The molecule has 0 saturated carbocycles. The van der Waals surface area contributed by atoms with E-state index in [2.05, 4.69) is 0 Å². The molecule has 2 aliphatic rings. The van der Waals surface area contributed by atoms with Crippen LogP contribution in [0.3, 0.4) is 0 Å². The smallest absolute Gasteiger partial charge is 0.416 e. The molecule has 1 fully saturated rings. The molecule has 5 nitrogen and oxygen atoms in total. The van der Waals surface area contributed by atoms with E-state index >= 15 is 0 Å². The fourth-order valence-corrected chi connectivity index (χ4v) is 5.42. The van der Waals surface area contributed by atoms with Crippen molar-refractivity contribution in [3.05, 3.63) is 59.2 Å². The topological polar surface area (TPSA) is 60.9 Å². The third-order valence-corrected chi connectivity index (χ3v) is 7.26. The van der Waals surface area contributed by atoms with Crippen molar-refractivity contribution in [1.29, 1.82) is 0 Å². The summed E-state index contributed by atoms with van der Waals surface area (Å²) in [6.45, 7) is 6.90. The molecule has 1 N–H and O–H groups in total. The average Bonchev–Trinajstić information content (AvgIpc) is 3.24. The lowest BCUT2D eigenvalue weighted by Crippen LogP contribution is -2.65. The predicted molar refractivity (Wildman–Crippen MR) is 122 cm³/mol. The van der Waals surface area contributed by atoms with Crippen molar-refractivity contribution in [3.63, 3.8) is 0 Å². The van der Waals surface area contributed by atoms with Gasteiger partial charge in [0.1, 0.15) is 5.54 Å². The van der Waals surface area contributed by atoms with E-state index in [9.17, 15) is 27.9 Å². The molecule has 0 radical (unpaired) electrons. The minimum atomic E-state index is -4.39. The monoisotopic (exact) mass is 474 g/mol. The van der Waals surface area contributed by atoms with Crippen molar-refractivity contribution < 1.29 is 27.9 Å². The first kappa shape index (κ1) is 24.1. The van der Waals surface area contributed by atoms with Gasteiger partial charge in [-0.05, 0) is 65.1 Å². The van der Waals surface area contributed by atoms with E-state index < -0.39 is 28.8 Å². The van der Waals surface area contributed by atoms with Crippen LogP contribution in [0.15, 0.2) is 42.5 Å². The molecule has 0 aliphatic carbocycles. The molecule has 0 spiro atoms. The second-order valence-electron chi connectivity index (χ2n) is 10.2. The van der Waals surface area contributed by atoms with Gasteiger partial charge in [-0.25, -0.2) is 4.79 Å². The Kier molecular flexibility index (Phi) is 5.90. The summed E-state index contributed by atoms with van der Waals surface area (Å²) in [5.41, 5.74) is 1.06. The molecular formula is C26H29F3N2O3. The van der Waals surface area contributed by atoms with Gasteiger partial charge in [0.25, 0.3) is 0 Å². The van der Waals surface area contributed by atoms with Gasteiger partial charge in [0.15, 0.2) is 0 Å². The number of likely N-dealkylation sites (tertiary alicyclic amines) is 1. The summed E-state index contributed by atoms with van der Waals surface area (Å²) < 4.78 is 38.7. The number of fused-ring (bicyclic) bond motifs is 1. The number of amides is 2. The third kappa shape index (κ3) is 4.03. The quantitative estimate of drug-likeness (QED) is 0.597. The third-order valence-electron chi connectivity index (χ3n) is 7.26. The summed E-state index contributed by atoms with van der Waals surface area (Å²) >= 11 is 0. The Morgan fingerprint density at radius 2 is 1.59 bits per heavy atom. The molecule has 1 saturated heterocycles. The van der Waals surface area contributed by atoms with E-state index in [1.165, 1.54) is 17.0 Å². The maximum absolute atomic E-state index is 13.9. The number of alkyl halides is 3. The van der Waals surface area contributed by atoms with Crippen molar-refractivity contribution >= 4 is 12.0 Å². The zero-order valence-corrected chi connectivity index (χ0v) is 19.6. The Hall–Kier alpha value is -3.03. The number of hydrogen-bond donors (Lipinski definition) is 1. The van der Waals surface area contributed by atoms with Crippen molar-refractivity contribution in [2.75, 3.05) is 13.1 Å². The normalized spacial score (nSPS) is 20.9. The minimum Gasteiger partial charge on any atom is -0.465 e. The molecule has 2 heterocycles. The largest absolute Gasteiger partial charge is 0.465 e. The van der Waals surface area contributed by atoms with Crippen LogP contribution in [0, 0.1) is 5.41 Å². The van der Waals surface area contributed by atoms with Gasteiger partial charge in [0.05, 0.1) is 5.56 Å². The number of halogens is 3. The predicted octanol–water partition coefficient (Wildman–Crippen LogP) is 5.82. The molecule has 34 heavy (non-hydrogen) atoms. The molecule has 0 aromatic heterocycles. The SMILES string of the molecule is CC(C)(C)C1(C(=O)N2CCc3ccc(-c4ccc(C(F)(F)F)cc4)cc3C2)CCCN1C(=O)O. The lowest BCUT2D eigenvalue weighted by atomic mass is 9.70. The van der Waals surface area contributed by atoms with Gasteiger partial charge in [-0.15, -0.1) is 0 Å². The number of nitrogens with zero attached hydrogens (tertiary/aromatic N) is 2. The van der Waals surface area contributed by atoms with E-state index in [-0.39, 0.29) is 5.91 Å².